The van der Waals surface area contributed by atoms with Crippen LogP contribution in [0, 0.1) is 16.0 Å². The van der Waals surface area contributed by atoms with Gasteiger partial charge in [0, 0.05) is 31.3 Å². The third kappa shape index (κ3) is 4.67. The monoisotopic (exact) mass is 335 g/mol. The summed E-state index contributed by atoms with van der Waals surface area (Å²) in [6.07, 6.45) is 2.23. The standard InChI is InChI=1S/C17H25N3O4/c1-12(9-13(2)21)11-18-17(22)14-5-6-15(16(10-14)20(23)24)19-7-3-4-8-19/h5-6,10,12-13,21H,3-4,7-9,11H2,1-2H3,(H,18,22). The molecule has 0 aromatic heterocycles. The van der Waals surface area contributed by atoms with Gasteiger partial charge in [0.2, 0.25) is 0 Å². The Bertz CT molecular complexity index is 597. The largest absolute Gasteiger partial charge is 0.393 e. The van der Waals surface area contributed by atoms with Gasteiger partial charge in [-0.25, -0.2) is 0 Å². The maximum Gasteiger partial charge on any atom is 0.293 e. The van der Waals surface area contributed by atoms with Gasteiger partial charge < -0.3 is 15.3 Å². The lowest BCUT2D eigenvalue weighted by atomic mass is 10.0. The molecule has 0 radical (unpaired) electrons. The van der Waals surface area contributed by atoms with Gasteiger partial charge in [-0.2, -0.15) is 0 Å². The van der Waals surface area contributed by atoms with Crippen LogP contribution >= 0.6 is 0 Å². The van der Waals surface area contributed by atoms with Crippen LogP contribution in [0.3, 0.4) is 0 Å². The second-order valence-corrected chi connectivity index (χ2v) is 6.55. The topological polar surface area (TPSA) is 95.7 Å². The van der Waals surface area contributed by atoms with E-state index in [4.69, 9.17) is 0 Å². The zero-order valence-corrected chi connectivity index (χ0v) is 14.2. The predicted octanol–water partition coefficient (Wildman–Crippen LogP) is 2.33. The minimum absolute atomic E-state index is 0.0263. The lowest BCUT2D eigenvalue weighted by Crippen LogP contribution is -2.29. The molecule has 2 atom stereocenters. The molecule has 1 amide bonds. The van der Waals surface area contributed by atoms with Crippen LogP contribution in [0.1, 0.15) is 43.5 Å². The van der Waals surface area contributed by atoms with Gasteiger partial charge in [0.05, 0.1) is 11.0 Å². The highest BCUT2D eigenvalue weighted by molar-refractivity contribution is 5.95. The molecule has 0 spiro atoms. The molecule has 132 valence electrons. The number of amides is 1. The summed E-state index contributed by atoms with van der Waals surface area (Å²) < 4.78 is 0. The Kier molecular flexibility index (Phi) is 6.14. The number of hydrogen-bond donors (Lipinski definition) is 2. The molecule has 7 heteroatoms. The highest BCUT2D eigenvalue weighted by atomic mass is 16.6. The maximum atomic E-state index is 12.2. The van der Waals surface area contributed by atoms with Crippen LogP contribution in [0.25, 0.3) is 0 Å². The molecule has 0 aliphatic carbocycles. The minimum atomic E-state index is -0.430. The van der Waals surface area contributed by atoms with Gasteiger partial charge in [-0.05, 0) is 44.2 Å². The second-order valence-electron chi connectivity index (χ2n) is 6.55. The van der Waals surface area contributed by atoms with E-state index in [0.29, 0.717) is 18.7 Å². The molecule has 2 rings (SSSR count). The van der Waals surface area contributed by atoms with Crippen molar-refractivity contribution in [3.63, 3.8) is 0 Å². The van der Waals surface area contributed by atoms with E-state index >= 15 is 0 Å². The number of nitrogens with one attached hydrogen (secondary N) is 1. The molecule has 1 saturated heterocycles. The first kappa shape index (κ1) is 18.2. The van der Waals surface area contributed by atoms with Gasteiger partial charge in [0.1, 0.15) is 5.69 Å². The van der Waals surface area contributed by atoms with Gasteiger partial charge >= 0.3 is 0 Å². The maximum absolute atomic E-state index is 12.2. The van der Waals surface area contributed by atoms with Gasteiger partial charge in [0.15, 0.2) is 0 Å². The van der Waals surface area contributed by atoms with Crippen LogP contribution in [0.5, 0.6) is 0 Å². The Morgan fingerprint density at radius 3 is 2.62 bits per heavy atom. The van der Waals surface area contributed by atoms with Crippen LogP contribution in [0.15, 0.2) is 18.2 Å². The van der Waals surface area contributed by atoms with Crippen molar-refractivity contribution in [2.75, 3.05) is 24.5 Å². The molecule has 2 unspecified atom stereocenters. The van der Waals surface area contributed by atoms with Crippen molar-refractivity contribution >= 4 is 17.3 Å². The number of aliphatic hydroxyl groups is 1. The summed E-state index contributed by atoms with van der Waals surface area (Å²) in [5.41, 5.74) is 0.840. The normalized spacial score (nSPS) is 16.7. The summed E-state index contributed by atoms with van der Waals surface area (Å²) in [6, 6.07) is 4.65. The van der Waals surface area contributed by atoms with E-state index in [-0.39, 0.29) is 23.1 Å². The molecule has 0 bridgehead atoms. The van der Waals surface area contributed by atoms with Crippen LogP contribution < -0.4 is 10.2 Å². The SMILES string of the molecule is CC(O)CC(C)CNC(=O)c1ccc(N2CCCC2)c([N+](=O)[O-])c1. The molecule has 2 N–H and O–H groups in total. The van der Waals surface area contributed by atoms with Crippen LogP contribution in [0.4, 0.5) is 11.4 Å². The molecule has 1 aliphatic heterocycles. The molecule has 7 nitrogen and oxygen atoms in total. The van der Waals surface area contributed by atoms with Gasteiger partial charge in [-0.15, -0.1) is 0 Å². The number of anilines is 1. The summed E-state index contributed by atoms with van der Waals surface area (Å²) in [5.74, 6) is -0.198. The molecule has 1 heterocycles. The van der Waals surface area contributed by atoms with Crippen LogP contribution in [0.2, 0.25) is 0 Å². The number of carbonyl (C=O) groups is 1. The van der Waals surface area contributed by atoms with Crippen LogP contribution in [-0.2, 0) is 0 Å². The third-order valence-corrected chi connectivity index (χ3v) is 4.24. The van der Waals surface area contributed by atoms with E-state index in [2.05, 4.69) is 5.32 Å². The molecule has 24 heavy (non-hydrogen) atoms. The number of rotatable bonds is 7. The zero-order valence-electron chi connectivity index (χ0n) is 14.2. The number of carbonyl (C=O) groups excluding carboxylic acids is 1. The van der Waals surface area contributed by atoms with E-state index in [1.807, 2.05) is 11.8 Å². The molecular weight excluding hydrogens is 310 g/mol. The predicted molar refractivity (Wildman–Crippen MR) is 92.3 cm³/mol. The number of hydrogen-bond acceptors (Lipinski definition) is 5. The smallest absolute Gasteiger partial charge is 0.293 e. The van der Waals surface area contributed by atoms with E-state index in [1.54, 1.807) is 19.1 Å². The quantitative estimate of drug-likeness (QED) is 0.589. The molecule has 1 fully saturated rings. The van der Waals surface area contributed by atoms with Crippen molar-refractivity contribution in [3.8, 4) is 0 Å². The average molecular weight is 335 g/mol. The highest BCUT2D eigenvalue weighted by Gasteiger charge is 2.23. The fourth-order valence-corrected chi connectivity index (χ4v) is 3.07. The van der Waals surface area contributed by atoms with E-state index in [1.165, 1.54) is 6.07 Å². The van der Waals surface area contributed by atoms with E-state index < -0.39 is 11.0 Å². The molecule has 1 aromatic carbocycles. The number of benzene rings is 1. The number of aliphatic hydroxyl groups excluding tert-OH is 1. The Morgan fingerprint density at radius 2 is 2.04 bits per heavy atom. The fourth-order valence-electron chi connectivity index (χ4n) is 3.07. The first-order valence-electron chi connectivity index (χ1n) is 8.38. The molecular formula is C17H25N3O4. The van der Waals surface area contributed by atoms with Gasteiger partial charge in [-0.3, -0.25) is 14.9 Å². The Labute approximate surface area is 141 Å². The summed E-state index contributed by atoms with van der Waals surface area (Å²) in [4.78, 5) is 25.2. The van der Waals surface area contributed by atoms with Crippen molar-refractivity contribution in [1.82, 2.24) is 5.32 Å². The Morgan fingerprint density at radius 1 is 1.38 bits per heavy atom. The lowest BCUT2D eigenvalue weighted by molar-refractivity contribution is -0.384. The molecule has 1 aromatic rings. The Hall–Kier alpha value is -2.15. The number of nitro groups is 1. The van der Waals surface area contributed by atoms with Gasteiger partial charge in [-0.1, -0.05) is 6.92 Å². The van der Waals surface area contributed by atoms with Crippen molar-refractivity contribution in [1.29, 1.82) is 0 Å². The minimum Gasteiger partial charge on any atom is -0.393 e. The highest BCUT2D eigenvalue weighted by Crippen LogP contribution is 2.31. The third-order valence-electron chi connectivity index (χ3n) is 4.24. The zero-order chi connectivity index (χ0) is 17.7. The van der Waals surface area contributed by atoms with Crippen molar-refractivity contribution < 1.29 is 14.8 Å². The van der Waals surface area contributed by atoms with Crippen molar-refractivity contribution in [2.45, 2.75) is 39.2 Å². The van der Waals surface area contributed by atoms with Crippen molar-refractivity contribution in [2.24, 2.45) is 5.92 Å². The number of nitrogens with zero attached hydrogens (tertiary/aromatic N) is 2. The number of nitro benzene ring substituents is 1. The summed E-state index contributed by atoms with van der Waals surface area (Å²) in [5, 5.41) is 23.5. The van der Waals surface area contributed by atoms with Crippen molar-refractivity contribution in [3.05, 3.63) is 33.9 Å². The van der Waals surface area contributed by atoms with Crippen LogP contribution in [-0.4, -0.2) is 41.7 Å². The second kappa shape index (κ2) is 8.10. The first-order valence-corrected chi connectivity index (χ1v) is 8.38. The average Bonchev–Trinajstić information content (AvgIpc) is 3.05. The molecule has 1 aliphatic rings. The first-order chi connectivity index (χ1) is 11.4. The Balaban J connectivity index is 2.08. The molecule has 0 saturated carbocycles. The fraction of sp³-hybridized carbons (Fsp3) is 0.588. The lowest BCUT2D eigenvalue weighted by Gasteiger charge is -2.18. The summed E-state index contributed by atoms with van der Waals surface area (Å²) >= 11 is 0. The van der Waals surface area contributed by atoms with E-state index in [9.17, 15) is 20.0 Å². The summed E-state index contributed by atoms with van der Waals surface area (Å²) in [7, 11) is 0. The van der Waals surface area contributed by atoms with E-state index in [0.717, 1.165) is 25.9 Å². The summed E-state index contributed by atoms with van der Waals surface area (Å²) in [6.45, 7) is 5.68. The van der Waals surface area contributed by atoms with Gasteiger partial charge in [0.25, 0.3) is 11.6 Å².